The minimum Gasteiger partial charge on any atom is -0.489 e. The van der Waals surface area contributed by atoms with Gasteiger partial charge >= 0.3 is 18.2 Å². The number of nitrogens with one attached hydrogen (secondary N) is 3. The van der Waals surface area contributed by atoms with Crippen LogP contribution in [0.1, 0.15) is 70.4 Å². The largest absolute Gasteiger partial charge is 0.489 e. The van der Waals surface area contributed by atoms with Crippen LogP contribution in [0, 0.1) is 0 Å². The van der Waals surface area contributed by atoms with Gasteiger partial charge in [-0.3, -0.25) is 5.32 Å². The number of aliphatic imine (C=N–C) groups is 1. The molecule has 0 saturated carbocycles. The molecule has 0 unspecified atom stereocenters. The Morgan fingerprint density at radius 2 is 1.67 bits per heavy atom. The number of para-hydroxylation sites is 1. The molecular weight excluding hydrogens is 574 g/mol. The molecule has 4 amide bonds. The molecule has 0 aliphatic carbocycles. The number of benzene rings is 2. The van der Waals surface area contributed by atoms with E-state index in [0.717, 1.165) is 49.7 Å². The number of hydrogen-bond acceptors (Lipinski definition) is 6. The number of carbonyl (C=O) groups excluding carboxylic acids is 3. The second-order valence-electron chi connectivity index (χ2n) is 11.7. The molecule has 45 heavy (non-hydrogen) atoms. The topological polar surface area (TPSA) is 131 Å². The van der Waals surface area contributed by atoms with E-state index in [1.807, 2.05) is 66.7 Å². The molecule has 11 nitrogen and oxygen atoms in total. The predicted molar refractivity (Wildman–Crippen MR) is 174 cm³/mol. The quantitative estimate of drug-likeness (QED) is 0.198. The van der Waals surface area contributed by atoms with Gasteiger partial charge in [0.15, 0.2) is 0 Å². The standard InChI is InChI=1S/C34H47N5O6/c1-34(2,3)45-33(42)38-30-36-25-28-19-11-12-20-29(28)43-24-16-15-23-39(31(40)37-30)22-14-7-5-4-6-13-21-35-32(41)44-26-27-17-9-8-10-18-27/h8-12,15-20H,4-7,13-14,21-26H2,1-3H3,(H,35,41)(H2,36,37,38,40,42). The zero-order valence-corrected chi connectivity index (χ0v) is 26.7. The lowest BCUT2D eigenvalue weighted by Crippen LogP contribution is -2.48. The second kappa shape index (κ2) is 19.0. The van der Waals surface area contributed by atoms with Crippen molar-refractivity contribution in [2.75, 3.05) is 26.2 Å². The Hall–Kier alpha value is -4.54. The predicted octanol–water partition coefficient (Wildman–Crippen LogP) is 6.29. The summed E-state index contributed by atoms with van der Waals surface area (Å²) in [7, 11) is 0. The second-order valence-corrected chi connectivity index (χ2v) is 11.7. The maximum absolute atomic E-state index is 13.3. The average Bonchev–Trinajstić information content (AvgIpc) is 3.01. The Kier molecular flexibility index (Phi) is 14.7. The first-order chi connectivity index (χ1) is 21.7. The van der Waals surface area contributed by atoms with E-state index in [4.69, 9.17) is 14.2 Å². The van der Waals surface area contributed by atoms with Gasteiger partial charge in [0.05, 0.1) is 0 Å². The molecule has 0 radical (unpaired) electrons. The van der Waals surface area contributed by atoms with Crippen LogP contribution in [-0.4, -0.2) is 60.9 Å². The van der Waals surface area contributed by atoms with E-state index in [1.165, 1.54) is 0 Å². The molecular formula is C34H47N5O6. The van der Waals surface area contributed by atoms with Crippen LogP contribution >= 0.6 is 0 Å². The molecule has 0 atom stereocenters. The summed E-state index contributed by atoms with van der Waals surface area (Å²) in [5.74, 6) is 0.710. The highest BCUT2D eigenvalue weighted by Gasteiger charge is 2.19. The molecule has 1 aliphatic rings. The lowest BCUT2D eigenvalue weighted by Gasteiger charge is -2.23. The van der Waals surface area contributed by atoms with Gasteiger partial charge in [-0.2, -0.15) is 0 Å². The Morgan fingerprint density at radius 3 is 2.44 bits per heavy atom. The third-order valence-corrected chi connectivity index (χ3v) is 6.69. The van der Waals surface area contributed by atoms with E-state index in [9.17, 15) is 14.4 Å². The third-order valence-electron chi connectivity index (χ3n) is 6.69. The number of alkyl carbamates (subject to hydrolysis) is 1. The highest BCUT2D eigenvalue weighted by atomic mass is 16.6. The van der Waals surface area contributed by atoms with Gasteiger partial charge in [0, 0.05) is 31.7 Å². The molecule has 0 spiro atoms. The summed E-state index contributed by atoms with van der Waals surface area (Å²) >= 11 is 0. The Morgan fingerprint density at radius 1 is 0.956 bits per heavy atom. The summed E-state index contributed by atoms with van der Waals surface area (Å²) < 4.78 is 16.5. The summed E-state index contributed by atoms with van der Waals surface area (Å²) in [5.41, 5.74) is 1.08. The fourth-order valence-electron chi connectivity index (χ4n) is 4.42. The molecule has 3 rings (SSSR count). The van der Waals surface area contributed by atoms with Gasteiger partial charge < -0.3 is 29.7 Å². The van der Waals surface area contributed by atoms with Crippen LogP contribution < -0.4 is 20.7 Å². The number of unbranched alkanes of at least 4 members (excludes halogenated alkanes) is 5. The van der Waals surface area contributed by atoms with Gasteiger partial charge in [0.25, 0.3) is 0 Å². The number of nitrogens with zero attached hydrogens (tertiary/aromatic N) is 2. The van der Waals surface area contributed by atoms with Crippen molar-refractivity contribution in [3.8, 4) is 5.75 Å². The first kappa shape index (κ1) is 34.9. The molecule has 0 saturated heterocycles. The van der Waals surface area contributed by atoms with E-state index < -0.39 is 17.8 Å². The maximum atomic E-state index is 13.3. The van der Waals surface area contributed by atoms with Crippen LogP contribution in [0.25, 0.3) is 0 Å². The van der Waals surface area contributed by atoms with Gasteiger partial charge in [-0.25, -0.2) is 14.4 Å². The molecule has 2 aromatic rings. The summed E-state index contributed by atoms with van der Waals surface area (Å²) in [6, 6.07) is 16.8. The number of fused-ring (bicyclic) bond motifs is 1. The lowest BCUT2D eigenvalue weighted by molar-refractivity contribution is 0.0603. The SMILES string of the molecule is CC(C)(C)OC(=O)/N=C1\NCc2ccccc2OCC=CCN(CCCCCCCCNC(=O)OCc2ccccc2)C(=O)N1. The van der Waals surface area contributed by atoms with Crippen molar-refractivity contribution in [2.45, 2.75) is 78.0 Å². The number of guanidine groups is 1. The number of rotatable bonds is 11. The zero-order chi connectivity index (χ0) is 32.3. The molecule has 244 valence electrons. The monoisotopic (exact) mass is 621 g/mol. The van der Waals surface area contributed by atoms with Crippen molar-refractivity contribution in [1.29, 1.82) is 0 Å². The van der Waals surface area contributed by atoms with Gasteiger partial charge in [-0.15, -0.1) is 4.99 Å². The average molecular weight is 622 g/mol. The highest BCUT2D eigenvalue weighted by Crippen LogP contribution is 2.18. The Labute approximate surface area is 266 Å². The van der Waals surface area contributed by atoms with Crippen molar-refractivity contribution in [2.24, 2.45) is 4.99 Å². The summed E-state index contributed by atoms with van der Waals surface area (Å²) in [4.78, 5) is 43.3. The fourth-order valence-corrected chi connectivity index (χ4v) is 4.42. The Bertz CT molecular complexity index is 1280. The summed E-state index contributed by atoms with van der Waals surface area (Å²) in [5, 5.41) is 8.62. The zero-order valence-electron chi connectivity index (χ0n) is 26.7. The minimum atomic E-state index is -0.801. The number of amides is 4. The number of carbonyl (C=O) groups is 3. The smallest absolute Gasteiger partial charge is 0.437 e. The first-order valence-corrected chi connectivity index (χ1v) is 15.6. The molecule has 0 bridgehead atoms. The van der Waals surface area contributed by atoms with E-state index >= 15 is 0 Å². The molecule has 1 heterocycles. The van der Waals surface area contributed by atoms with Crippen LogP contribution in [0.15, 0.2) is 71.7 Å². The molecule has 3 N–H and O–H groups in total. The normalized spacial score (nSPS) is 14.9. The van der Waals surface area contributed by atoms with Crippen molar-refractivity contribution in [1.82, 2.24) is 20.9 Å². The summed E-state index contributed by atoms with van der Waals surface area (Å²) in [6.45, 7) is 7.66. The fraction of sp³-hybridized carbons (Fsp3) is 0.471. The van der Waals surface area contributed by atoms with Crippen molar-refractivity contribution in [3.05, 3.63) is 77.9 Å². The lowest BCUT2D eigenvalue weighted by atomic mass is 10.1. The van der Waals surface area contributed by atoms with E-state index in [2.05, 4.69) is 20.9 Å². The van der Waals surface area contributed by atoms with E-state index in [1.54, 1.807) is 25.7 Å². The van der Waals surface area contributed by atoms with Gasteiger partial charge in [-0.05, 0) is 51.3 Å². The summed E-state index contributed by atoms with van der Waals surface area (Å²) in [6.07, 6.45) is 8.27. The third kappa shape index (κ3) is 14.7. The van der Waals surface area contributed by atoms with Gasteiger partial charge in [0.2, 0.25) is 5.96 Å². The molecule has 0 aromatic heterocycles. The first-order valence-electron chi connectivity index (χ1n) is 15.6. The van der Waals surface area contributed by atoms with Crippen LogP contribution in [0.3, 0.4) is 0 Å². The molecule has 0 fully saturated rings. The van der Waals surface area contributed by atoms with Crippen molar-refractivity contribution >= 4 is 24.2 Å². The van der Waals surface area contributed by atoms with Crippen LogP contribution in [0.5, 0.6) is 5.75 Å². The number of urea groups is 1. The maximum Gasteiger partial charge on any atom is 0.437 e. The molecule has 11 heteroatoms. The van der Waals surface area contributed by atoms with Crippen LogP contribution in [-0.2, 0) is 22.6 Å². The van der Waals surface area contributed by atoms with E-state index in [-0.39, 0.29) is 25.1 Å². The minimum absolute atomic E-state index is 0.00911. The van der Waals surface area contributed by atoms with Crippen LogP contribution in [0.4, 0.5) is 14.4 Å². The van der Waals surface area contributed by atoms with Crippen molar-refractivity contribution in [3.63, 3.8) is 0 Å². The number of hydrogen-bond donors (Lipinski definition) is 3. The van der Waals surface area contributed by atoms with Crippen molar-refractivity contribution < 1.29 is 28.6 Å². The molecule has 1 aliphatic heterocycles. The van der Waals surface area contributed by atoms with E-state index in [0.29, 0.717) is 32.0 Å². The number of ether oxygens (including phenoxy) is 3. The molecule has 2 aromatic carbocycles. The van der Waals surface area contributed by atoms with Gasteiger partial charge in [-0.1, -0.05) is 80.3 Å². The van der Waals surface area contributed by atoms with Gasteiger partial charge in [0.1, 0.15) is 24.6 Å². The highest BCUT2D eigenvalue weighted by molar-refractivity contribution is 6.00. The van der Waals surface area contributed by atoms with Crippen LogP contribution in [0.2, 0.25) is 0 Å². The Balaban J connectivity index is 1.44.